The zero-order valence-electron chi connectivity index (χ0n) is 10.6. The van der Waals surface area contributed by atoms with Crippen molar-refractivity contribution >= 4 is 10.9 Å². The molecule has 1 aromatic heterocycles. The Kier molecular flexibility index (Phi) is 3.16. The molecular weight excluding hydrogens is 258 g/mol. The lowest BCUT2D eigenvalue weighted by Gasteiger charge is -2.13. The van der Waals surface area contributed by atoms with Crippen molar-refractivity contribution in [3.05, 3.63) is 77.5 Å². The molecule has 20 heavy (non-hydrogen) atoms. The summed E-state index contributed by atoms with van der Waals surface area (Å²) in [6.07, 6.45) is 1.62. The second-order valence-corrected chi connectivity index (χ2v) is 4.60. The van der Waals surface area contributed by atoms with E-state index in [-0.39, 0.29) is 5.56 Å². The van der Waals surface area contributed by atoms with E-state index in [1.54, 1.807) is 6.20 Å². The normalized spacial score (nSPS) is 12.6. The smallest absolute Gasteiger partial charge is 0.131 e. The molecule has 3 rings (SSSR count). The van der Waals surface area contributed by atoms with Crippen LogP contribution in [0.5, 0.6) is 0 Å². The van der Waals surface area contributed by atoms with Gasteiger partial charge in [0.1, 0.15) is 11.6 Å². The number of hydrogen-bond acceptors (Lipinski definition) is 2. The Morgan fingerprint density at radius 1 is 1.00 bits per heavy atom. The summed E-state index contributed by atoms with van der Waals surface area (Å²) >= 11 is 0. The van der Waals surface area contributed by atoms with Gasteiger partial charge in [0.2, 0.25) is 0 Å². The van der Waals surface area contributed by atoms with Gasteiger partial charge < -0.3 is 5.73 Å². The van der Waals surface area contributed by atoms with Gasteiger partial charge in [0.15, 0.2) is 0 Å². The van der Waals surface area contributed by atoms with Gasteiger partial charge in [-0.3, -0.25) is 4.98 Å². The van der Waals surface area contributed by atoms with E-state index in [0.717, 1.165) is 17.0 Å². The van der Waals surface area contributed by atoms with Crippen LogP contribution in [0, 0.1) is 11.6 Å². The van der Waals surface area contributed by atoms with Crippen LogP contribution in [-0.2, 0) is 0 Å². The number of para-hydroxylation sites is 1. The highest BCUT2D eigenvalue weighted by Crippen LogP contribution is 2.24. The number of fused-ring (bicyclic) bond motifs is 1. The fraction of sp³-hybridized carbons (Fsp3) is 0.0625. The lowest BCUT2D eigenvalue weighted by atomic mass is 9.99. The molecule has 0 aliphatic carbocycles. The maximum Gasteiger partial charge on any atom is 0.131 e. The molecule has 0 bridgehead atoms. The first kappa shape index (κ1) is 12.7. The Bertz CT molecular complexity index is 771. The Morgan fingerprint density at radius 3 is 2.60 bits per heavy atom. The summed E-state index contributed by atoms with van der Waals surface area (Å²) in [7, 11) is 0. The molecule has 0 aliphatic rings. The summed E-state index contributed by atoms with van der Waals surface area (Å²) in [6, 6.07) is 12.2. The maximum absolute atomic E-state index is 13.8. The van der Waals surface area contributed by atoms with E-state index >= 15 is 0 Å². The zero-order chi connectivity index (χ0) is 14.1. The van der Waals surface area contributed by atoms with Crippen LogP contribution >= 0.6 is 0 Å². The second kappa shape index (κ2) is 4.98. The number of rotatable bonds is 2. The molecule has 3 aromatic rings. The van der Waals surface area contributed by atoms with E-state index in [1.165, 1.54) is 12.1 Å². The van der Waals surface area contributed by atoms with Crippen molar-refractivity contribution in [3.63, 3.8) is 0 Å². The summed E-state index contributed by atoms with van der Waals surface area (Å²) in [5.74, 6) is -1.26. The van der Waals surface area contributed by atoms with Crippen LogP contribution in [0.1, 0.15) is 17.2 Å². The molecule has 2 nitrogen and oxygen atoms in total. The summed E-state index contributed by atoms with van der Waals surface area (Å²) in [4.78, 5) is 4.30. The van der Waals surface area contributed by atoms with Gasteiger partial charge in [-0.2, -0.15) is 0 Å². The Labute approximate surface area is 114 Å². The molecule has 0 spiro atoms. The fourth-order valence-electron chi connectivity index (χ4n) is 2.19. The highest BCUT2D eigenvalue weighted by Gasteiger charge is 2.15. The molecule has 2 N–H and O–H groups in total. The van der Waals surface area contributed by atoms with Crippen LogP contribution in [0.4, 0.5) is 8.78 Å². The van der Waals surface area contributed by atoms with Gasteiger partial charge in [0, 0.05) is 23.2 Å². The van der Waals surface area contributed by atoms with Gasteiger partial charge >= 0.3 is 0 Å². The van der Waals surface area contributed by atoms with E-state index in [2.05, 4.69) is 4.98 Å². The van der Waals surface area contributed by atoms with Crippen LogP contribution in [0.2, 0.25) is 0 Å². The maximum atomic E-state index is 13.8. The van der Waals surface area contributed by atoms with E-state index in [4.69, 9.17) is 5.73 Å². The number of nitrogens with zero attached hydrogens (tertiary/aromatic N) is 1. The summed E-state index contributed by atoms with van der Waals surface area (Å²) in [6.45, 7) is 0. The molecule has 2 aromatic carbocycles. The first-order valence-corrected chi connectivity index (χ1v) is 6.20. The van der Waals surface area contributed by atoms with Crippen LogP contribution in [0.25, 0.3) is 10.9 Å². The third-order valence-electron chi connectivity index (χ3n) is 3.27. The first-order chi connectivity index (χ1) is 9.65. The molecule has 0 aliphatic heterocycles. The van der Waals surface area contributed by atoms with E-state index in [0.29, 0.717) is 5.56 Å². The molecule has 1 atom stereocenters. The minimum Gasteiger partial charge on any atom is -0.320 e. The molecule has 0 amide bonds. The molecule has 0 saturated heterocycles. The number of benzene rings is 2. The van der Waals surface area contributed by atoms with Gasteiger partial charge in [-0.05, 0) is 23.8 Å². The van der Waals surface area contributed by atoms with Gasteiger partial charge in [0.05, 0.1) is 11.6 Å². The standard InChI is InChI=1S/C16H12F2N2/c17-12-5-6-13(14(18)8-12)16(19)11-7-10-3-1-2-4-15(10)20-9-11/h1-9,16H,19H2. The third kappa shape index (κ3) is 2.26. The minimum absolute atomic E-state index is 0.253. The van der Waals surface area contributed by atoms with Crippen molar-refractivity contribution < 1.29 is 8.78 Å². The fourth-order valence-corrected chi connectivity index (χ4v) is 2.19. The molecular formula is C16H12F2N2. The number of hydrogen-bond donors (Lipinski definition) is 1. The van der Waals surface area contributed by atoms with Crippen molar-refractivity contribution in [1.29, 1.82) is 0 Å². The predicted molar refractivity (Wildman–Crippen MR) is 74.1 cm³/mol. The number of pyridine rings is 1. The molecule has 0 radical (unpaired) electrons. The summed E-state index contributed by atoms with van der Waals surface area (Å²) in [5.41, 5.74) is 7.85. The molecule has 0 saturated carbocycles. The highest BCUT2D eigenvalue weighted by atomic mass is 19.1. The van der Waals surface area contributed by atoms with E-state index in [1.807, 2.05) is 30.3 Å². The quantitative estimate of drug-likeness (QED) is 0.773. The number of halogens is 2. The SMILES string of the molecule is NC(c1cnc2ccccc2c1)c1ccc(F)cc1F. The molecule has 1 unspecified atom stereocenters. The van der Waals surface area contributed by atoms with Crippen LogP contribution in [0.15, 0.2) is 54.7 Å². The van der Waals surface area contributed by atoms with E-state index in [9.17, 15) is 8.78 Å². The Balaban J connectivity index is 2.05. The first-order valence-electron chi connectivity index (χ1n) is 6.20. The predicted octanol–water partition coefficient (Wildman–Crippen LogP) is 3.56. The van der Waals surface area contributed by atoms with Crippen molar-refractivity contribution in [2.24, 2.45) is 5.73 Å². The van der Waals surface area contributed by atoms with Crippen LogP contribution in [0.3, 0.4) is 0 Å². The average molecular weight is 270 g/mol. The van der Waals surface area contributed by atoms with Gasteiger partial charge in [-0.1, -0.05) is 24.3 Å². The van der Waals surface area contributed by atoms with Gasteiger partial charge in [-0.15, -0.1) is 0 Å². The van der Waals surface area contributed by atoms with E-state index < -0.39 is 17.7 Å². The Hall–Kier alpha value is -2.33. The highest BCUT2D eigenvalue weighted by molar-refractivity contribution is 5.78. The number of aromatic nitrogens is 1. The number of nitrogens with two attached hydrogens (primary N) is 1. The Morgan fingerprint density at radius 2 is 1.80 bits per heavy atom. The second-order valence-electron chi connectivity index (χ2n) is 4.60. The summed E-state index contributed by atoms with van der Waals surface area (Å²) in [5, 5.41) is 0.933. The van der Waals surface area contributed by atoms with Crippen molar-refractivity contribution in [2.45, 2.75) is 6.04 Å². The molecule has 100 valence electrons. The van der Waals surface area contributed by atoms with Crippen molar-refractivity contribution in [1.82, 2.24) is 4.98 Å². The molecule has 4 heteroatoms. The molecule has 0 fully saturated rings. The topological polar surface area (TPSA) is 38.9 Å². The van der Waals surface area contributed by atoms with Gasteiger partial charge in [-0.25, -0.2) is 8.78 Å². The van der Waals surface area contributed by atoms with Crippen LogP contribution < -0.4 is 5.73 Å². The van der Waals surface area contributed by atoms with Crippen LogP contribution in [-0.4, -0.2) is 4.98 Å². The third-order valence-corrected chi connectivity index (χ3v) is 3.27. The largest absolute Gasteiger partial charge is 0.320 e. The lowest BCUT2D eigenvalue weighted by molar-refractivity contribution is 0.566. The monoisotopic (exact) mass is 270 g/mol. The lowest BCUT2D eigenvalue weighted by Crippen LogP contribution is -2.14. The summed E-state index contributed by atoms with van der Waals surface area (Å²) < 4.78 is 26.7. The average Bonchev–Trinajstić information content (AvgIpc) is 2.46. The zero-order valence-corrected chi connectivity index (χ0v) is 10.6. The minimum atomic E-state index is -0.673. The van der Waals surface area contributed by atoms with Crippen molar-refractivity contribution in [2.75, 3.05) is 0 Å². The molecule has 1 heterocycles. The van der Waals surface area contributed by atoms with Crippen molar-refractivity contribution in [3.8, 4) is 0 Å². The van der Waals surface area contributed by atoms with Gasteiger partial charge in [0.25, 0.3) is 0 Å².